The lowest BCUT2D eigenvalue weighted by Crippen LogP contribution is -2.13. The molecule has 0 aliphatic heterocycles. The average molecular weight is 438 g/mol. The highest BCUT2D eigenvalue weighted by molar-refractivity contribution is 9.10. The first-order valence-electron chi connectivity index (χ1n) is 8.33. The van der Waals surface area contributed by atoms with Gasteiger partial charge in [0.05, 0.1) is 16.8 Å². The van der Waals surface area contributed by atoms with Crippen molar-refractivity contribution in [3.05, 3.63) is 93.9 Å². The van der Waals surface area contributed by atoms with E-state index in [9.17, 15) is 4.79 Å². The number of rotatable bonds is 3. The Balaban J connectivity index is 1.80. The topological polar surface area (TPSA) is 42.0 Å². The zero-order chi connectivity index (χ0) is 18.8. The number of benzene rings is 3. The summed E-state index contributed by atoms with van der Waals surface area (Å²) >= 11 is 9.47. The Morgan fingerprint density at radius 3 is 2.48 bits per heavy atom. The molecule has 1 heterocycles. The van der Waals surface area contributed by atoms with Gasteiger partial charge >= 0.3 is 0 Å². The van der Waals surface area contributed by atoms with E-state index < -0.39 is 0 Å². The molecule has 0 fully saturated rings. The molecule has 27 heavy (non-hydrogen) atoms. The zero-order valence-corrected chi connectivity index (χ0v) is 16.5. The average Bonchev–Trinajstić information content (AvgIpc) is 2.67. The molecule has 0 aliphatic carbocycles. The normalized spacial score (nSPS) is 10.7. The summed E-state index contributed by atoms with van der Waals surface area (Å²) < 4.78 is 0.992. The summed E-state index contributed by atoms with van der Waals surface area (Å²) in [4.78, 5) is 17.7. The summed E-state index contributed by atoms with van der Waals surface area (Å²) in [6, 6.07) is 24.4. The van der Waals surface area contributed by atoms with Crippen molar-refractivity contribution in [3.63, 3.8) is 0 Å². The fourth-order valence-corrected chi connectivity index (χ4v) is 3.35. The Labute approximate surface area is 170 Å². The first-order chi connectivity index (χ1) is 13.1. The molecule has 3 nitrogen and oxygen atoms in total. The first kappa shape index (κ1) is 17.7. The van der Waals surface area contributed by atoms with Gasteiger partial charge in [0.25, 0.3) is 5.91 Å². The minimum atomic E-state index is -0.200. The number of carbonyl (C=O) groups is 1. The maximum atomic E-state index is 13.0. The van der Waals surface area contributed by atoms with Gasteiger partial charge in [0, 0.05) is 26.1 Å². The Hall–Kier alpha value is -2.69. The van der Waals surface area contributed by atoms with Crippen molar-refractivity contribution in [2.75, 3.05) is 5.32 Å². The van der Waals surface area contributed by atoms with E-state index in [1.807, 2.05) is 60.7 Å². The monoisotopic (exact) mass is 436 g/mol. The van der Waals surface area contributed by atoms with E-state index in [1.165, 1.54) is 0 Å². The number of para-hydroxylation sites is 1. The van der Waals surface area contributed by atoms with Crippen LogP contribution < -0.4 is 5.32 Å². The van der Waals surface area contributed by atoms with Crippen LogP contribution in [0.5, 0.6) is 0 Å². The Kier molecular flexibility index (Phi) is 4.92. The number of carbonyl (C=O) groups excluding carboxylic acids is 1. The molecule has 0 spiro atoms. The molecule has 1 N–H and O–H groups in total. The molecule has 0 bridgehead atoms. The number of aromatic nitrogens is 1. The molecule has 0 unspecified atom stereocenters. The van der Waals surface area contributed by atoms with Crippen LogP contribution >= 0.6 is 27.5 Å². The SMILES string of the molecule is O=C(Nc1cccc(Cl)c1)c1cc(-c2ccc(Br)cc2)nc2ccccc12. The van der Waals surface area contributed by atoms with Crippen molar-refractivity contribution in [1.82, 2.24) is 4.98 Å². The van der Waals surface area contributed by atoms with E-state index in [2.05, 4.69) is 21.2 Å². The standard InChI is InChI=1S/C22H14BrClN2O/c23-15-10-8-14(9-11-15)21-13-19(18-6-1-2-7-20(18)26-21)22(27)25-17-5-3-4-16(24)12-17/h1-13H,(H,25,27). The predicted molar refractivity (Wildman–Crippen MR) is 114 cm³/mol. The van der Waals surface area contributed by atoms with Crippen molar-refractivity contribution in [2.45, 2.75) is 0 Å². The van der Waals surface area contributed by atoms with Crippen molar-refractivity contribution in [2.24, 2.45) is 0 Å². The van der Waals surface area contributed by atoms with Gasteiger partial charge in [0.1, 0.15) is 0 Å². The number of fused-ring (bicyclic) bond motifs is 1. The second-order valence-corrected chi connectivity index (χ2v) is 7.40. The third-order valence-corrected chi connectivity index (χ3v) is 4.95. The molecule has 0 aliphatic rings. The van der Waals surface area contributed by atoms with Crippen LogP contribution in [-0.2, 0) is 0 Å². The largest absolute Gasteiger partial charge is 0.322 e. The number of halogens is 2. The van der Waals surface area contributed by atoms with Crippen LogP contribution in [0.15, 0.2) is 83.3 Å². The van der Waals surface area contributed by atoms with E-state index in [0.29, 0.717) is 16.3 Å². The smallest absolute Gasteiger partial charge is 0.256 e. The van der Waals surface area contributed by atoms with Crippen LogP contribution in [0.2, 0.25) is 5.02 Å². The summed E-state index contributed by atoms with van der Waals surface area (Å²) in [5, 5.41) is 4.30. The van der Waals surface area contributed by atoms with Gasteiger partial charge in [-0.3, -0.25) is 4.79 Å². The van der Waals surface area contributed by atoms with Gasteiger partial charge in [0.2, 0.25) is 0 Å². The number of anilines is 1. The Morgan fingerprint density at radius 2 is 1.70 bits per heavy atom. The third-order valence-electron chi connectivity index (χ3n) is 4.18. The minimum Gasteiger partial charge on any atom is -0.322 e. The number of amides is 1. The fourth-order valence-electron chi connectivity index (χ4n) is 2.90. The predicted octanol–water partition coefficient (Wildman–Crippen LogP) is 6.57. The number of pyridine rings is 1. The van der Waals surface area contributed by atoms with Crippen LogP contribution in [-0.4, -0.2) is 10.9 Å². The summed E-state index contributed by atoms with van der Waals surface area (Å²) in [5.74, 6) is -0.200. The molecule has 0 saturated heterocycles. The van der Waals surface area contributed by atoms with Gasteiger partial charge in [-0.1, -0.05) is 63.9 Å². The summed E-state index contributed by atoms with van der Waals surface area (Å²) in [6.45, 7) is 0. The molecule has 132 valence electrons. The van der Waals surface area contributed by atoms with Crippen molar-refractivity contribution in [3.8, 4) is 11.3 Å². The molecule has 0 saturated carbocycles. The molecule has 0 atom stereocenters. The second kappa shape index (κ2) is 7.51. The van der Waals surface area contributed by atoms with Gasteiger partial charge in [-0.15, -0.1) is 0 Å². The van der Waals surface area contributed by atoms with Crippen LogP contribution in [0, 0.1) is 0 Å². The molecule has 1 aromatic heterocycles. The lowest BCUT2D eigenvalue weighted by Gasteiger charge is -2.11. The zero-order valence-electron chi connectivity index (χ0n) is 14.1. The van der Waals surface area contributed by atoms with Crippen LogP contribution in [0.3, 0.4) is 0 Å². The van der Waals surface area contributed by atoms with Gasteiger partial charge in [0.15, 0.2) is 0 Å². The molecule has 4 aromatic rings. The highest BCUT2D eigenvalue weighted by Gasteiger charge is 2.14. The molecular weight excluding hydrogens is 424 g/mol. The van der Waals surface area contributed by atoms with Crippen LogP contribution in [0.1, 0.15) is 10.4 Å². The van der Waals surface area contributed by atoms with E-state index in [0.717, 1.165) is 26.6 Å². The van der Waals surface area contributed by atoms with Crippen molar-refractivity contribution < 1.29 is 4.79 Å². The summed E-state index contributed by atoms with van der Waals surface area (Å²) in [5.41, 5.74) is 3.68. The fraction of sp³-hybridized carbons (Fsp3) is 0. The number of nitrogens with one attached hydrogen (secondary N) is 1. The minimum absolute atomic E-state index is 0.200. The molecule has 0 radical (unpaired) electrons. The number of hydrogen-bond donors (Lipinski definition) is 1. The lowest BCUT2D eigenvalue weighted by atomic mass is 10.0. The van der Waals surface area contributed by atoms with Crippen LogP contribution in [0.25, 0.3) is 22.2 Å². The molecule has 4 rings (SSSR count). The van der Waals surface area contributed by atoms with Gasteiger partial charge in [-0.2, -0.15) is 0 Å². The quantitative estimate of drug-likeness (QED) is 0.394. The number of nitrogens with zero attached hydrogens (tertiary/aromatic N) is 1. The third kappa shape index (κ3) is 3.87. The second-order valence-electron chi connectivity index (χ2n) is 6.04. The van der Waals surface area contributed by atoms with Gasteiger partial charge in [-0.25, -0.2) is 4.98 Å². The maximum absolute atomic E-state index is 13.0. The molecular formula is C22H14BrClN2O. The lowest BCUT2D eigenvalue weighted by molar-refractivity contribution is 0.102. The highest BCUT2D eigenvalue weighted by Crippen LogP contribution is 2.27. The Bertz CT molecular complexity index is 1140. The van der Waals surface area contributed by atoms with Crippen LogP contribution in [0.4, 0.5) is 5.69 Å². The van der Waals surface area contributed by atoms with E-state index in [1.54, 1.807) is 18.2 Å². The molecule has 1 amide bonds. The van der Waals surface area contributed by atoms with Crippen molar-refractivity contribution >= 4 is 50.0 Å². The molecule has 5 heteroatoms. The number of hydrogen-bond acceptors (Lipinski definition) is 2. The van der Waals surface area contributed by atoms with E-state index in [4.69, 9.17) is 16.6 Å². The summed E-state index contributed by atoms with van der Waals surface area (Å²) in [7, 11) is 0. The van der Waals surface area contributed by atoms with E-state index in [-0.39, 0.29) is 5.91 Å². The van der Waals surface area contributed by atoms with Gasteiger partial charge < -0.3 is 5.32 Å². The summed E-state index contributed by atoms with van der Waals surface area (Å²) in [6.07, 6.45) is 0. The van der Waals surface area contributed by atoms with Crippen molar-refractivity contribution in [1.29, 1.82) is 0 Å². The maximum Gasteiger partial charge on any atom is 0.256 e. The van der Waals surface area contributed by atoms with E-state index >= 15 is 0 Å². The molecule has 3 aromatic carbocycles. The van der Waals surface area contributed by atoms with Gasteiger partial charge in [-0.05, 0) is 42.5 Å². The first-order valence-corrected chi connectivity index (χ1v) is 9.50. The highest BCUT2D eigenvalue weighted by atomic mass is 79.9. The Morgan fingerprint density at radius 1 is 0.926 bits per heavy atom.